The second-order valence-corrected chi connectivity index (χ2v) is 5.82. The van der Waals surface area contributed by atoms with Crippen molar-refractivity contribution in [2.24, 2.45) is 0 Å². The fourth-order valence-corrected chi connectivity index (χ4v) is 3.00. The molecule has 0 saturated heterocycles. The second kappa shape index (κ2) is 5.83. The van der Waals surface area contributed by atoms with E-state index in [0.717, 1.165) is 18.5 Å². The van der Waals surface area contributed by atoms with Gasteiger partial charge < -0.3 is 10.4 Å². The first-order valence-corrected chi connectivity index (χ1v) is 7.57. The topological polar surface area (TPSA) is 97.1 Å². The lowest BCUT2D eigenvalue weighted by atomic mass is 9.97. The third-order valence-corrected chi connectivity index (χ3v) is 4.33. The Hall–Kier alpha value is -2.70. The van der Waals surface area contributed by atoms with Crippen molar-refractivity contribution in [3.05, 3.63) is 41.7 Å². The first-order valence-electron chi connectivity index (χ1n) is 7.57. The summed E-state index contributed by atoms with van der Waals surface area (Å²) >= 11 is 0. The average Bonchev–Trinajstić information content (AvgIpc) is 3.16. The highest BCUT2D eigenvalue weighted by atomic mass is 16.4. The van der Waals surface area contributed by atoms with Gasteiger partial charge >= 0.3 is 5.97 Å². The first-order chi connectivity index (χ1) is 11.0. The van der Waals surface area contributed by atoms with E-state index < -0.39 is 17.4 Å². The summed E-state index contributed by atoms with van der Waals surface area (Å²) in [6.45, 7) is 1.74. The minimum absolute atomic E-state index is 0.154. The van der Waals surface area contributed by atoms with E-state index >= 15 is 0 Å². The summed E-state index contributed by atoms with van der Waals surface area (Å²) in [6, 6.07) is 9.35. The number of carbonyl (C=O) groups excluding carboxylic acids is 1. The molecule has 0 atom stereocenters. The summed E-state index contributed by atoms with van der Waals surface area (Å²) in [5, 5.41) is 20.1. The predicted octanol–water partition coefficient (Wildman–Crippen LogP) is 1.70. The highest BCUT2D eigenvalue weighted by Gasteiger charge is 2.43. The van der Waals surface area contributed by atoms with Crippen LogP contribution in [0.2, 0.25) is 0 Å². The number of hydrogen-bond acceptors (Lipinski definition) is 4. The lowest BCUT2D eigenvalue weighted by molar-refractivity contribution is -0.144. The Morgan fingerprint density at radius 3 is 2.48 bits per heavy atom. The summed E-state index contributed by atoms with van der Waals surface area (Å²) in [5.74, 6) is -1.48. The number of carboxylic acids is 1. The molecule has 2 aromatic rings. The van der Waals surface area contributed by atoms with Crippen LogP contribution in [0.25, 0.3) is 5.69 Å². The molecule has 2 N–H and O–H groups in total. The largest absolute Gasteiger partial charge is 0.480 e. The van der Waals surface area contributed by atoms with Crippen molar-refractivity contribution in [1.29, 1.82) is 0 Å². The van der Waals surface area contributed by atoms with E-state index in [2.05, 4.69) is 15.6 Å². The number of para-hydroxylation sites is 1. The molecule has 3 rings (SSSR count). The molecule has 1 aliphatic rings. The Labute approximate surface area is 133 Å². The molecule has 0 aliphatic heterocycles. The number of nitrogens with zero attached hydrogens (tertiary/aromatic N) is 3. The molecule has 1 heterocycles. The Balaban J connectivity index is 1.86. The maximum atomic E-state index is 12.5. The molecule has 23 heavy (non-hydrogen) atoms. The van der Waals surface area contributed by atoms with Gasteiger partial charge in [0.15, 0.2) is 5.69 Å². The monoisotopic (exact) mass is 314 g/mol. The van der Waals surface area contributed by atoms with Crippen molar-refractivity contribution >= 4 is 11.9 Å². The highest BCUT2D eigenvalue weighted by molar-refractivity contribution is 5.97. The maximum Gasteiger partial charge on any atom is 0.329 e. The van der Waals surface area contributed by atoms with E-state index in [4.69, 9.17) is 0 Å². The van der Waals surface area contributed by atoms with Crippen LogP contribution < -0.4 is 5.32 Å². The SMILES string of the molecule is Cc1c(C(=O)NC2(C(=O)O)CCCC2)nnn1-c1ccccc1. The molecule has 0 bridgehead atoms. The van der Waals surface area contributed by atoms with E-state index in [1.165, 1.54) is 0 Å². The zero-order valence-electron chi connectivity index (χ0n) is 12.8. The summed E-state index contributed by atoms with van der Waals surface area (Å²) in [7, 11) is 0. The Kier molecular flexibility index (Phi) is 3.85. The van der Waals surface area contributed by atoms with Crippen molar-refractivity contribution < 1.29 is 14.7 Å². The fraction of sp³-hybridized carbons (Fsp3) is 0.375. The number of nitrogens with one attached hydrogen (secondary N) is 1. The molecule has 1 aromatic carbocycles. The van der Waals surface area contributed by atoms with Crippen LogP contribution >= 0.6 is 0 Å². The van der Waals surface area contributed by atoms with Crippen molar-refractivity contribution in [1.82, 2.24) is 20.3 Å². The van der Waals surface area contributed by atoms with Gasteiger partial charge in [0, 0.05) is 0 Å². The van der Waals surface area contributed by atoms with Crippen molar-refractivity contribution in [3.63, 3.8) is 0 Å². The van der Waals surface area contributed by atoms with Crippen LogP contribution in [0.4, 0.5) is 0 Å². The predicted molar refractivity (Wildman–Crippen MR) is 82.4 cm³/mol. The molecule has 1 saturated carbocycles. The molecule has 120 valence electrons. The lowest BCUT2D eigenvalue weighted by Gasteiger charge is -2.24. The summed E-state index contributed by atoms with van der Waals surface area (Å²) in [6.07, 6.45) is 2.48. The molecule has 0 spiro atoms. The number of amides is 1. The fourth-order valence-electron chi connectivity index (χ4n) is 3.00. The van der Waals surface area contributed by atoms with Gasteiger partial charge in [0.05, 0.1) is 11.4 Å². The molecule has 1 amide bonds. The van der Waals surface area contributed by atoms with Gasteiger partial charge in [0.1, 0.15) is 5.54 Å². The Bertz CT molecular complexity index is 733. The number of carboxylic acid groups (broad SMARTS) is 1. The van der Waals surface area contributed by atoms with Crippen LogP contribution in [-0.2, 0) is 4.79 Å². The van der Waals surface area contributed by atoms with Gasteiger partial charge in [-0.25, -0.2) is 9.48 Å². The number of hydrogen-bond donors (Lipinski definition) is 2. The summed E-state index contributed by atoms with van der Waals surface area (Å²) < 4.78 is 1.57. The van der Waals surface area contributed by atoms with Crippen molar-refractivity contribution in [2.45, 2.75) is 38.1 Å². The lowest BCUT2D eigenvalue weighted by Crippen LogP contribution is -2.52. The molecule has 1 fully saturated rings. The Morgan fingerprint density at radius 1 is 1.22 bits per heavy atom. The molecule has 1 aromatic heterocycles. The number of aliphatic carboxylic acids is 1. The highest BCUT2D eigenvalue weighted by Crippen LogP contribution is 2.30. The van der Waals surface area contributed by atoms with Gasteiger partial charge in [-0.3, -0.25) is 4.79 Å². The number of rotatable bonds is 4. The van der Waals surface area contributed by atoms with E-state index in [0.29, 0.717) is 18.5 Å². The molecular weight excluding hydrogens is 296 g/mol. The van der Waals surface area contributed by atoms with E-state index in [1.54, 1.807) is 11.6 Å². The second-order valence-electron chi connectivity index (χ2n) is 5.82. The van der Waals surface area contributed by atoms with E-state index in [1.807, 2.05) is 30.3 Å². The van der Waals surface area contributed by atoms with Crippen LogP contribution in [0, 0.1) is 6.92 Å². The third-order valence-electron chi connectivity index (χ3n) is 4.33. The quantitative estimate of drug-likeness (QED) is 0.895. The Morgan fingerprint density at radius 2 is 1.87 bits per heavy atom. The van der Waals surface area contributed by atoms with Crippen LogP contribution in [0.5, 0.6) is 0 Å². The van der Waals surface area contributed by atoms with Crippen LogP contribution in [0.3, 0.4) is 0 Å². The van der Waals surface area contributed by atoms with Crippen LogP contribution in [0.1, 0.15) is 41.9 Å². The molecule has 1 aliphatic carbocycles. The third kappa shape index (κ3) is 2.69. The molecule has 0 unspecified atom stereocenters. The van der Waals surface area contributed by atoms with E-state index in [-0.39, 0.29) is 5.69 Å². The standard InChI is InChI=1S/C16H18N4O3/c1-11-13(18-19-20(11)12-7-3-2-4-8-12)14(21)17-16(15(22)23)9-5-6-10-16/h2-4,7-8H,5-6,9-10H2,1H3,(H,17,21)(H,22,23). The summed E-state index contributed by atoms with van der Waals surface area (Å²) in [5.41, 5.74) is 0.346. The molecule has 0 radical (unpaired) electrons. The normalized spacial score (nSPS) is 16.2. The maximum absolute atomic E-state index is 12.5. The van der Waals surface area contributed by atoms with Crippen molar-refractivity contribution in [2.75, 3.05) is 0 Å². The average molecular weight is 314 g/mol. The van der Waals surface area contributed by atoms with E-state index in [9.17, 15) is 14.7 Å². The molecular formula is C16H18N4O3. The van der Waals surface area contributed by atoms with Gasteiger partial charge in [-0.1, -0.05) is 36.3 Å². The number of carbonyl (C=O) groups is 2. The van der Waals surface area contributed by atoms with Crippen molar-refractivity contribution in [3.8, 4) is 5.69 Å². The molecule has 7 heteroatoms. The smallest absolute Gasteiger partial charge is 0.329 e. The number of aromatic nitrogens is 3. The zero-order valence-corrected chi connectivity index (χ0v) is 12.8. The van der Waals surface area contributed by atoms with Gasteiger partial charge in [-0.2, -0.15) is 0 Å². The van der Waals surface area contributed by atoms with Gasteiger partial charge in [0.2, 0.25) is 0 Å². The first kappa shape index (κ1) is 15.2. The zero-order chi connectivity index (χ0) is 16.4. The van der Waals surface area contributed by atoms with Gasteiger partial charge in [0.25, 0.3) is 5.91 Å². The minimum Gasteiger partial charge on any atom is -0.480 e. The van der Waals surface area contributed by atoms with Gasteiger partial charge in [-0.05, 0) is 31.9 Å². The van der Waals surface area contributed by atoms with Crippen LogP contribution in [0.15, 0.2) is 30.3 Å². The number of benzene rings is 1. The summed E-state index contributed by atoms with van der Waals surface area (Å²) in [4.78, 5) is 24.0. The van der Waals surface area contributed by atoms with Crippen LogP contribution in [-0.4, -0.2) is 37.5 Å². The minimum atomic E-state index is -1.18. The molecule has 7 nitrogen and oxygen atoms in total. The van der Waals surface area contributed by atoms with Gasteiger partial charge in [-0.15, -0.1) is 5.10 Å².